The number of amides is 3. The van der Waals surface area contributed by atoms with Crippen molar-refractivity contribution in [3.05, 3.63) is 53.8 Å². The van der Waals surface area contributed by atoms with Crippen molar-refractivity contribution in [2.45, 2.75) is 31.8 Å². The van der Waals surface area contributed by atoms with Gasteiger partial charge in [-0.2, -0.15) is 0 Å². The third kappa shape index (κ3) is 5.32. The van der Waals surface area contributed by atoms with E-state index in [-0.39, 0.29) is 17.7 Å². The standard InChI is InChI=1S/C23H27FN4O3/c24-19-7-1-2-8-20(19)27-23(30)26-16-9-10-21(28-11-3-4-12-28)18(14-16)22(29)25-15-17-6-5-13-31-17/h1-2,7-10,14,17H,3-6,11-13,15H2,(H,25,29)(H2,26,27,30)/t17-/m0/s1. The zero-order valence-corrected chi connectivity index (χ0v) is 17.3. The molecule has 2 aliphatic heterocycles. The zero-order valence-electron chi connectivity index (χ0n) is 17.3. The van der Waals surface area contributed by atoms with Crippen molar-refractivity contribution >= 4 is 29.0 Å². The number of urea groups is 1. The summed E-state index contributed by atoms with van der Waals surface area (Å²) in [4.78, 5) is 27.5. The second-order valence-corrected chi connectivity index (χ2v) is 7.83. The van der Waals surface area contributed by atoms with Crippen LogP contribution in [0.2, 0.25) is 0 Å². The molecular formula is C23H27FN4O3. The highest BCUT2D eigenvalue weighted by atomic mass is 19.1. The molecule has 0 spiro atoms. The van der Waals surface area contributed by atoms with Crippen LogP contribution >= 0.6 is 0 Å². The summed E-state index contributed by atoms with van der Waals surface area (Å²) in [5, 5.41) is 8.14. The molecule has 0 saturated carbocycles. The first-order chi connectivity index (χ1) is 15.1. The molecule has 0 unspecified atom stereocenters. The van der Waals surface area contributed by atoms with E-state index in [4.69, 9.17) is 4.74 Å². The van der Waals surface area contributed by atoms with Gasteiger partial charge in [-0.1, -0.05) is 12.1 Å². The Kier molecular flexibility index (Phi) is 6.66. The molecule has 0 aliphatic carbocycles. The number of anilines is 3. The predicted octanol–water partition coefficient (Wildman–Crippen LogP) is 3.98. The normalized spacial score (nSPS) is 18.1. The lowest BCUT2D eigenvalue weighted by Gasteiger charge is -2.22. The highest BCUT2D eigenvalue weighted by Gasteiger charge is 2.22. The van der Waals surface area contributed by atoms with Crippen LogP contribution in [0.15, 0.2) is 42.5 Å². The molecule has 2 aliphatic rings. The first-order valence-electron chi connectivity index (χ1n) is 10.7. The van der Waals surface area contributed by atoms with Gasteiger partial charge in [-0.3, -0.25) is 4.79 Å². The van der Waals surface area contributed by atoms with Crippen molar-refractivity contribution in [1.82, 2.24) is 5.32 Å². The first-order valence-corrected chi connectivity index (χ1v) is 10.7. The molecule has 8 heteroatoms. The number of rotatable bonds is 6. The fourth-order valence-corrected chi connectivity index (χ4v) is 3.98. The molecule has 1 atom stereocenters. The maximum Gasteiger partial charge on any atom is 0.323 e. The van der Waals surface area contributed by atoms with Gasteiger partial charge in [0.05, 0.1) is 17.4 Å². The van der Waals surface area contributed by atoms with Gasteiger partial charge >= 0.3 is 6.03 Å². The Bertz CT molecular complexity index is 940. The summed E-state index contributed by atoms with van der Waals surface area (Å²) in [6, 6.07) is 10.6. The Morgan fingerprint density at radius 2 is 1.87 bits per heavy atom. The van der Waals surface area contributed by atoms with Crippen molar-refractivity contribution in [1.29, 1.82) is 0 Å². The molecule has 2 saturated heterocycles. The minimum absolute atomic E-state index is 0.0482. The molecule has 31 heavy (non-hydrogen) atoms. The summed E-state index contributed by atoms with van der Waals surface area (Å²) in [5.41, 5.74) is 1.90. The molecule has 2 aromatic rings. The number of hydrogen-bond donors (Lipinski definition) is 3. The Morgan fingerprint density at radius 3 is 2.61 bits per heavy atom. The molecule has 7 nitrogen and oxygen atoms in total. The Hall–Kier alpha value is -3.13. The van der Waals surface area contributed by atoms with Gasteiger partial charge in [-0.15, -0.1) is 0 Å². The van der Waals surface area contributed by atoms with Gasteiger partial charge in [-0.25, -0.2) is 9.18 Å². The van der Waals surface area contributed by atoms with E-state index in [0.717, 1.165) is 51.1 Å². The van der Waals surface area contributed by atoms with Crippen molar-refractivity contribution in [2.24, 2.45) is 0 Å². The zero-order chi connectivity index (χ0) is 21.6. The van der Waals surface area contributed by atoms with Crippen molar-refractivity contribution < 1.29 is 18.7 Å². The molecule has 3 amide bonds. The molecule has 4 rings (SSSR count). The largest absolute Gasteiger partial charge is 0.376 e. The highest BCUT2D eigenvalue weighted by molar-refractivity contribution is 6.04. The summed E-state index contributed by atoms with van der Waals surface area (Å²) in [6.45, 7) is 2.99. The van der Waals surface area contributed by atoms with Crippen LogP contribution in [0.5, 0.6) is 0 Å². The van der Waals surface area contributed by atoms with Gasteiger partial charge in [-0.05, 0) is 56.0 Å². The van der Waals surface area contributed by atoms with Crippen LogP contribution < -0.4 is 20.9 Å². The van der Waals surface area contributed by atoms with Crippen molar-refractivity contribution in [3.63, 3.8) is 0 Å². The quantitative estimate of drug-likeness (QED) is 0.653. The Morgan fingerprint density at radius 1 is 1.06 bits per heavy atom. The molecule has 2 aromatic carbocycles. The number of nitrogens with zero attached hydrogens (tertiary/aromatic N) is 1. The van der Waals surface area contributed by atoms with Crippen LogP contribution in [0, 0.1) is 5.82 Å². The molecule has 2 heterocycles. The highest BCUT2D eigenvalue weighted by Crippen LogP contribution is 2.28. The van der Waals surface area contributed by atoms with E-state index in [9.17, 15) is 14.0 Å². The maximum atomic E-state index is 13.8. The fraction of sp³-hybridized carbons (Fsp3) is 0.391. The number of hydrogen-bond acceptors (Lipinski definition) is 4. The van der Waals surface area contributed by atoms with E-state index in [0.29, 0.717) is 17.8 Å². The van der Waals surface area contributed by atoms with E-state index < -0.39 is 11.8 Å². The van der Waals surface area contributed by atoms with Crippen molar-refractivity contribution in [2.75, 3.05) is 41.8 Å². The monoisotopic (exact) mass is 426 g/mol. The SMILES string of the molecule is O=C(Nc1ccc(N2CCCC2)c(C(=O)NC[C@@H]2CCCO2)c1)Nc1ccccc1F. The number of para-hydroxylation sites is 1. The number of carbonyl (C=O) groups excluding carboxylic acids is 2. The molecular weight excluding hydrogens is 399 g/mol. The summed E-state index contributed by atoms with van der Waals surface area (Å²) in [7, 11) is 0. The predicted molar refractivity (Wildman–Crippen MR) is 118 cm³/mol. The fourth-order valence-electron chi connectivity index (χ4n) is 3.98. The average molecular weight is 426 g/mol. The smallest absolute Gasteiger partial charge is 0.323 e. The second-order valence-electron chi connectivity index (χ2n) is 7.83. The Balaban J connectivity index is 1.48. The van der Waals surface area contributed by atoms with E-state index in [1.165, 1.54) is 12.1 Å². The molecule has 2 fully saturated rings. The number of ether oxygens (including phenoxy) is 1. The van der Waals surface area contributed by atoms with Crippen LogP contribution in [0.25, 0.3) is 0 Å². The lowest BCUT2D eigenvalue weighted by atomic mass is 10.1. The van der Waals surface area contributed by atoms with Crippen molar-refractivity contribution in [3.8, 4) is 0 Å². The first kappa shape index (κ1) is 21.1. The van der Waals surface area contributed by atoms with Crippen LogP contribution in [-0.4, -0.2) is 44.3 Å². The van der Waals surface area contributed by atoms with Crippen LogP contribution in [0.1, 0.15) is 36.0 Å². The van der Waals surface area contributed by atoms with Crippen LogP contribution in [-0.2, 0) is 4.74 Å². The summed E-state index contributed by atoms with van der Waals surface area (Å²) < 4.78 is 19.4. The lowest BCUT2D eigenvalue weighted by Crippen LogP contribution is -2.33. The third-order valence-electron chi connectivity index (χ3n) is 5.58. The van der Waals surface area contributed by atoms with Gasteiger partial charge in [0, 0.05) is 37.6 Å². The minimum Gasteiger partial charge on any atom is -0.376 e. The lowest BCUT2D eigenvalue weighted by molar-refractivity contribution is 0.0858. The number of halogens is 1. The summed E-state index contributed by atoms with van der Waals surface area (Å²) in [6.07, 6.45) is 4.17. The van der Waals surface area contributed by atoms with Gasteiger partial charge in [0.25, 0.3) is 5.91 Å². The van der Waals surface area contributed by atoms with Crippen LogP contribution in [0.3, 0.4) is 0 Å². The van der Waals surface area contributed by atoms with Gasteiger partial charge in [0.15, 0.2) is 0 Å². The number of nitrogens with one attached hydrogen (secondary N) is 3. The molecule has 164 valence electrons. The van der Waals surface area contributed by atoms with Gasteiger partial charge < -0.3 is 25.6 Å². The second kappa shape index (κ2) is 9.78. The Labute approximate surface area is 181 Å². The minimum atomic E-state index is -0.579. The van der Waals surface area contributed by atoms with E-state index in [2.05, 4.69) is 20.9 Å². The summed E-state index contributed by atoms with van der Waals surface area (Å²) in [5.74, 6) is -0.716. The maximum absolute atomic E-state index is 13.8. The van der Waals surface area contributed by atoms with E-state index >= 15 is 0 Å². The average Bonchev–Trinajstić information content (AvgIpc) is 3.48. The van der Waals surface area contributed by atoms with Gasteiger partial charge in [0.1, 0.15) is 5.82 Å². The third-order valence-corrected chi connectivity index (χ3v) is 5.58. The summed E-state index contributed by atoms with van der Waals surface area (Å²) >= 11 is 0. The van der Waals surface area contributed by atoms with E-state index in [1.54, 1.807) is 24.3 Å². The number of benzene rings is 2. The number of carbonyl (C=O) groups is 2. The van der Waals surface area contributed by atoms with Gasteiger partial charge in [0.2, 0.25) is 0 Å². The molecule has 3 N–H and O–H groups in total. The molecule has 0 bridgehead atoms. The molecule has 0 radical (unpaired) electrons. The topological polar surface area (TPSA) is 82.7 Å². The van der Waals surface area contributed by atoms with E-state index in [1.807, 2.05) is 6.07 Å². The molecule has 0 aromatic heterocycles. The van der Waals surface area contributed by atoms with Crippen LogP contribution in [0.4, 0.5) is 26.2 Å².